The number of amides is 1. The van der Waals surface area contributed by atoms with Crippen molar-refractivity contribution in [3.63, 3.8) is 0 Å². The minimum absolute atomic E-state index is 0.106. The molecule has 0 aliphatic rings. The minimum Gasteiger partial charge on any atom is -0.595 e. The Balaban J connectivity index is 2.79. The molecule has 5 N–H and O–H groups in total. The van der Waals surface area contributed by atoms with Crippen molar-refractivity contribution in [1.29, 1.82) is 0 Å². The van der Waals surface area contributed by atoms with Crippen molar-refractivity contribution in [2.75, 3.05) is 6.61 Å². The van der Waals surface area contributed by atoms with Crippen LogP contribution in [0.1, 0.15) is 25.0 Å². The van der Waals surface area contributed by atoms with Crippen molar-refractivity contribution in [3.8, 4) is 0 Å². The van der Waals surface area contributed by atoms with Crippen molar-refractivity contribution in [1.82, 2.24) is 5.32 Å². The van der Waals surface area contributed by atoms with Gasteiger partial charge in [0, 0.05) is 18.6 Å². The van der Waals surface area contributed by atoms with E-state index in [0.717, 1.165) is 0 Å². The quantitative estimate of drug-likeness (QED) is 0.425. The van der Waals surface area contributed by atoms with Gasteiger partial charge in [0.05, 0.1) is 12.6 Å². The predicted molar refractivity (Wildman–Crippen MR) is 66.5 cm³/mol. The van der Waals surface area contributed by atoms with Gasteiger partial charge in [-0.25, -0.2) is 5.21 Å². The molecule has 1 rings (SSSR count). The van der Waals surface area contributed by atoms with Crippen molar-refractivity contribution in [3.05, 3.63) is 35.0 Å². The first-order valence-electron chi connectivity index (χ1n) is 5.91. The molecule has 0 heterocycles. The smallest absolute Gasteiger partial charge is 0.220 e. The van der Waals surface area contributed by atoms with E-state index >= 15 is 0 Å². The van der Waals surface area contributed by atoms with Crippen LogP contribution < -0.4 is 10.5 Å². The number of carbonyl (C=O) groups excluding carboxylic acids is 1. The zero-order valence-electron chi connectivity index (χ0n) is 10.5. The number of hydrogen-bond acceptors (Lipinski definition) is 5. The maximum Gasteiger partial charge on any atom is 0.220 e. The van der Waals surface area contributed by atoms with E-state index in [4.69, 9.17) is 5.21 Å². The normalized spacial score (nSPS) is 15.6. The highest BCUT2D eigenvalue weighted by molar-refractivity contribution is 5.75. The van der Waals surface area contributed by atoms with Crippen molar-refractivity contribution in [2.24, 2.45) is 0 Å². The SMILES string of the molecule is CCC(=O)NC(CO)C(O)c1ccc([NH+]([O-])O)cc1. The van der Waals surface area contributed by atoms with Gasteiger partial charge in [-0.1, -0.05) is 19.1 Å². The van der Waals surface area contributed by atoms with E-state index in [1.807, 2.05) is 0 Å². The van der Waals surface area contributed by atoms with Crippen LogP contribution in [0.3, 0.4) is 0 Å². The second-order valence-corrected chi connectivity index (χ2v) is 4.08. The van der Waals surface area contributed by atoms with Gasteiger partial charge in [0.25, 0.3) is 0 Å². The Labute approximate surface area is 110 Å². The number of aliphatic hydroxyl groups excluding tert-OH is 2. The number of benzene rings is 1. The van der Waals surface area contributed by atoms with E-state index in [1.54, 1.807) is 6.92 Å². The van der Waals surface area contributed by atoms with Gasteiger partial charge in [0.2, 0.25) is 5.91 Å². The average Bonchev–Trinajstić information content (AvgIpc) is 2.43. The fraction of sp³-hybridized carbons (Fsp3) is 0.417. The lowest BCUT2D eigenvalue weighted by atomic mass is 10.0. The third-order valence-electron chi connectivity index (χ3n) is 2.74. The highest BCUT2D eigenvalue weighted by Crippen LogP contribution is 2.18. The fourth-order valence-corrected chi connectivity index (χ4v) is 1.59. The average molecular weight is 270 g/mol. The summed E-state index contributed by atoms with van der Waals surface area (Å²) in [5.74, 6) is -0.278. The summed E-state index contributed by atoms with van der Waals surface area (Å²) in [6.07, 6.45) is -0.843. The molecule has 0 aliphatic heterocycles. The Morgan fingerprint density at radius 2 is 2.00 bits per heavy atom. The molecular weight excluding hydrogens is 252 g/mol. The predicted octanol–water partition coefficient (Wildman–Crippen LogP) is -0.989. The van der Waals surface area contributed by atoms with Crippen LogP contribution in [0.5, 0.6) is 0 Å². The van der Waals surface area contributed by atoms with E-state index < -0.39 is 24.0 Å². The third kappa shape index (κ3) is 4.27. The monoisotopic (exact) mass is 270 g/mol. The number of aliphatic hydroxyl groups is 2. The summed E-state index contributed by atoms with van der Waals surface area (Å²) in [7, 11) is 0. The van der Waals surface area contributed by atoms with Gasteiger partial charge < -0.3 is 20.7 Å². The molecule has 1 aromatic rings. The van der Waals surface area contributed by atoms with Crippen LogP contribution in [0.25, 0.3) is 0 Å². The van der Waals surface area contributed by atoms with E-state index in [2.05, 4.69) is 5.32 Å². The number of nitrogens with one attached hydrogen (secondary N) is 2. The van der Waals surface area contributed by atoms with Gasteiger partial charge in [-0.2, -0.15) is 5.23 Å². The summed E-state index contributed by atoms with van der Waals surface area (Å²) in [5.41, 5.74) is 0.537. The van der Waals surface area contributed by atoms with Crippen LogP contribution in [0.2, 0.25) is 0 Å². The van der Waals surface area contributed by atoms with Crippen LogP contribution in [0.15, 0.2) is 24.3 Å². The molecule has 0 saturated carbocycles. The molecule has 3 unspecified atom stereocenters. The van der Waals surface area contributed by atoms with Crippen molar-refractivity contribution < 1.29 is 25.4 Å². The molecule has 0 aromatic heterocycles. The zero-order valence-corrected chi connectivity index (χ0v) is 10.5. The topological polar surface area (TPSA) is 117 Å². The van der Waals surface area contributed by atoms with Crippen LogP contribution in [0.4, 0.5) is 5.69 Å². The lowest BCUT2D eigenvalue weighted by molar-refractivity contribution is -0.991. The molecule has 0 bridgehead atoms. The van der Waals surface area contributed by atoms with Crippen LogP contribution in [-0.2, 0) is 4.79 Å². The summed E-state index contributed by atoms with van der Waals surface area (Å²) in [6.45, 7) is 1.26. The number of carbonyl (C=O) groups is 1. The molecule has 3 atom stereocenters. The molecule has 0 spiro atoms. The van der Waals surface area contributed by atoms with E-state index in [0.29, 0.717) is 5.56 Å². The van der Waals surface area contributed by atoms with E-state index in [-0.39, 0.29) is 18.0 Å². The van der Waals surface area contributed by atoms with Gasteiger partial charge in [-0.05, 0) is 5.56 Å². The van der Waals surface area contributed by atoms with Crippen LogP contribution in [0, 0.1) is 5.21 Å². The van der Waals surface area contributed by atoms with Crippen LogP contribution in [-0.4, -0.2) is 34.0 Å². The Morgan fingerprint density at radius 1 is 1.42 bits per heavy atom. The summed E-state index contributed by atoms with van der Waals surface area (Å²) < 4.78 is 0. The highest BCUT2D eigenvalue weighted by atomic mass is 16.8. The third-order valence-corrected chi connectivity index (χ3v) is 2.74. The molecule has 7 heteroatoms. The van der Waals surface area contributed by atoms with Crippen LogP contribution >= 0.6 is 0 Å². The number of quaternary nitrogens is 1. The number of hydrogen-bond donors (Lipinski definition) is 5. The van der Waals surface area contributed by atoms with Gasteiger partial charge in [-0.15, -0.1) is 0 Å². The van der Waals surface area contributed by atoms with Gasteiger partial charge >= 0.3 is 0 Å². The van der Waals surface area contributed by atoms with Crippen molar-refractivity contribution in [2.45, 2.75) is 25.5 Å². The Hall–Kier alpha value is -1.51. The molecule has 1 amide bonds. The first-order chi connectivity index (χ1) is 8.99. The molecule has 0 radical (unpaired) electrons. The molecular formula is C12H18N2O5. The Morgan fingerprint density at radius 3 is 2.42 bits per heavy atom. The Kier molecular flexibility index (Phi) is 5.87. The molecule has 7 nitrogen and oxygen atoms in total. The second-order valence-electron chi connectivity index (χ2n) is 4.08. The number of rotatable bonds is 6. The van der Waals surface area contributed by atoms with E-state index in [1.165, 1.54) is 24.3 Å². The summed E-state index contributed by atoms with van der Waals surface area (Å²) >= 11 is 0. The lowest BCUT2D eigenvalue weighted by Gasteiger charge is -2.22. The summed E-state index contributed by atoms with van der Waals surface area (Å²) in [4.78, 5) is 11.2. The minimum atomic E-state index is -1.09. The molecule has 19 heavy (non-hydrogen) atoms. The molecule has 0 saturated heterocycles. The highest BCUT2D eigenvalue weighted by Gasteiger charge is 2.21. The fourth-order valence-electron chi connectivity index (χ4n) is 1.59. The largest absolute Gasteiger partial charge is 0.595 e. The first-order valence-corrected chi connectivity index (χ1v) is 5.91. The molecule has 1 aromatic carbocycles. The molecule has 106 valence electrons. The lowest BCUT2D eigenvalue weighted by Crippen LogP contribution is -2.99. The molecule has 0 aliphatic carbocycles. The zero-order chi connectivity index (χ0) is 14.4. The van der Waals surface area contributed by atoms with Gasteiger partial charge in [0.1, 0.15) is 6.10 Å². The van der Waals surface area contributed by atoms with Gasteiger partial charge in [0.15, 0.2) is 5.69 Å². The maximum atomic E-state index is 11.2. The first kappa shape index (κ1) is 15.5. The standard InChI is InChI=1S/C12H18N2O5/c1-2-11(16)13-10(7-15)12(17)8-3-5-9(6-4-8)14(18)19/h3-6,10,12,14-15,17-18H,2,7H2,1H3,(H,13,16). The van der Waals surface area contributed by atoms with E-state index in [9.17, 15) is 20.2 Å². The summed E-state index contributed by atoms with van der Waals surface area (Å²) in [6, 6.07) is 4.81. The maximum absolute atomic E-state index is 11.2. The Bertz CT molecular complexity index is 407. The second kappa shape index (κ2) is 7.17. The summed E-state index contributed by atoms with van der Waals surface area (Å²) in [5, 5.41) is 40.1. The molecule has 0 fully saturated rings. The van der Waals surface area contributed by atoms with Crippen molar-refractivity contribution >= 4 is 11.6 Å². The van der Waals surface area contributed by atoms with Gasteiger partial charge in [-0.3, -0.25) is 4.79 Å².